The molecule has 72 heavy (non-hydrogen) atoms. The predicted octanol–water partition coefficient (Wildman–Crippen LogP) is 16.6. The summed E-state index contributed by atoms with van der Waals surface area (Å²) in [5.41, 5.74) is 25.2. The summed E-state index contributed by atoms with van der Waals surface area (Å²) >= 11 is 0. The lowest BCUT2D eigenvalue weighted by Gasteiger charge is -2.18. The van der Waals surface area contributed by atoms with Crippen molar-refractivity contribution in [1.82, 2.24) is 9.55 Å². The van der Waals surface area contributed by atoms with Gasteiger partial charge in [-0.15, -0.1) is 0 Å². The molecule has 12 rings (SSSR count). The standard InChI is InChI=1S/C37H28N4O.C12H13N3.C12H9N.C2H6/c42-37-30(18-12-24-36(37)41-34-22-10-5-16-28(34)29-17-6-11-23-35(29)41)27-15-4-7-19-31(27)40-33-21-9-8-20-32(33)39-25-38-26-13-2-1-3-14-26;13-9-5-1-3-7-11(9)15-12-8-4-2-6-10(12)14;1-3-7-11-9(5-1)10-6-2-4-8-12(10)13-11;1-2/h1-25,40,42H,(H,38,39);1-8,15H,13-14H2;1-8,13H;1-2H3. The summed E-state index contributed by atoms with van der Waals surface area (Å²) in [6.07, 6.45) is 1.70. The van der Waals surface area contributed by atoms with E-state index < -0.39 is 0 Å². The highest BCUT2D eigenvalue weighted by Gasteiger charge is 2.18. The first-order valence-corrected chi connectivity index (χ1v) is 24.0. The molecule has 0 fully saturated rings. The Bertz CT molecular complexity index is 3620. The van der Waals surface area contributed by atoms with E-state index in [2.05, 4.69) is 115 Å². The van der Waals surface area contributed by atoms with Crippen LogP contribution in [0.5, 0.6) is 5.75 Å². The van der Waals surface area contributed by atoms with Gasteiger partial charge in [-0.2, -0.15) is 0 Å². The summed E-state index contributed by atoms with van der Waals surface area (Å²) in [6.45, 7) is 4.00. The minimum Gasteiger partial charge on any atom is -0.505 e. The molecule has 2 aromatic heterocycles. The molecular weight excluding hydrogens is 885 g/mol. The second-order valence-electron chi connectivity index (χ2n) is 16.5. The third-order valence-corrected chi connectivity index (χ3v) is 12.0. The van der Waals surface area contributed by atoms with E-state index in [4.69, 9.17) is 11.5 Å². The zero-order chi connectivity index (χ0) is 49.7. The highest BCUT2D eigenvalue weighted by molar-refractivity contribution is 6.10. The Morgan fingerprint density at radius 2 is 0.847 bits per heavy atom. The SMILES string of the molecule is CC.Nc1ccccc1Nc1ccccc1N.Oc1c(-c2ccccc2Nc2ccccc2NC=Nc2ccccc2)cccc1-n1c2ccccc2c2ccccc21.c1ccc2c(c1)[nH]c1ccccc12. The Morgan fingerprint density at radius 3 is 1.43 bits per heavy atom. The number of rotatable bonds is 9. The van der Waals surface area contributed by atoms with Crippen molar-refractivity contribution in [3.63, 3.8) is 0 Å². The number of nitrogen functional groups attached to an aromatic ring is 2. The molecule has 10 aromatic carbocycles. The van der Waals surface area contributed by atoms with Crippen molar-refractivity contribution in [3.8, 4) is 22.6 Å². The van der Waals surface area contributed by atoms with Gasteiger partial charge < -0.3 is 42.1 Å². The van der Waals surface area contributed by atoms with Crippen molar-refractivity contribution in [1.29, 1.82) is 0 Å². The molecular formula is C63H56N8O. The van der Waals surface area contributed by atoms with E-state index in [1.165, 1.54) is 21.8 Å². The second kappa shape index (κ2) is 22.6. The molecule has 0 bridgehead atoms. The number of hydrogen-bond acceptors (Lipinski definition) is 6. The predicted molar refractivity (Wildman–Crippen MR) is 308 cm³/mol. The summed E-state index contributed by atoms with van der Waals surface area (Å²) in [5.74, 6) is 0.222. The first-order chi connectivity index (χ1) is 35.5. The highest BCUT2D eigenvalue weighted by atomic mass is 16.3. The second-order valence-corrected chi connectivity index (χ2v) is 16.5. The fourth-order valence-electron chi connectivity index (χ4n) is 8.66. The van der Waals surface area contributed by atoms with Gasteiger partial charge in [0.05, 0.1) is 62.9 Å². The van der Waals surface area contributed by atoms with Crippen molar-refractivity contribution in [3.05, 3.63) is 243 Å². The highest BCUT2D eigenvalue weighted by Crippen LogP contribution is 2.42. The van der Waals surface area contributed by atoms with Gasteiger partial charge in [-0.1, -0.05) is 172 Å². The van der Waals surface area contributed by atoms with E-state index in [-0.39, 0.29) is 5.75 Å². The molecule has 0 atom stereocenters. The normalized spacial score (nSPS) is 10.8. The monoisotopic (exact) mass is 940 g/mol. The van der Waals surface area contributed by atoms with Crippen molar-refractivity contribution in [2.45, 2.75) is 13.8 Å². The molecule has 9 nitrogen and oxygen atoms in total. The van der Waals surface area contributed by atoms with Crippen LogP contribution in [0.3, 0.4) is 0 Å². The van der Waals surface area contributed by atoms with Crippen LogP contribution in [0.2, 0.25) is 0 Å². The van der Waals surface area contributed by atoms with Gasteiger partial charge in [-0.25, -0.2) is 4.99 Å². The van der Waals surface area contributed by atoms with Gasteiger partial charge in [0.2, 0.25) is 0 Å². The maximum atomic E-state index is 11.8. The third-order valence-electron chi connectivity index (χ3n) is 12.0. The topological polar surface area (TPSA) is 141 Å². The number of benzene rings is 10. The number of nitrogens with zero attached hydrogens (tertiary/aromatic N) is 2. The number of phenols is 1. The number of fused-ring (bicyclic) bond motifs is 6. The molecule has 2 heterocycles. The number of phenolic OH excluding ortho intramolecular Hbond substituents is 1. The summed E-state index contributed by atoms with van der Waals surface area (Å²) in [5, 5.41) is 26.8. The number of nitrogens with one attached hydrogen (secondary N) is 4. The minimum atomic E-state index is 0.222. The van der Waals surface area contributed by atoms with Crippen molar-refractivity contribution in [2.24, 2.45) is 4.99 Å². The average molecular weight is 941 g/mol. The van der Waals surface area contributed by atoms with Crippen LogP contribution in [0.1, 0.15) is 13.8 Å². The fourth-order valence-corrected chi connectivity index (χ4v) is 8.66. The van der Waals surface area contributed by atoms with Gasteiger partial charge in [0, 0.05) is 49.4 Å². The van der Waals surface area contributed by atoms with Gasteiger partial charge in [0.25, 0.3) is 0 Å². The zero-order valence-electron chi connectivity index (χ0n) is 40.2. The first kappa shape index (κ1) is 47.3. The van der Waals surface area contributed by atoms with Gasteiger partial charge in [0.1, 0.15) is 5.75 Å². The largest absolute Gasteiger partial charge is 0.505 e. The molecule has 0 spiro atoms. The Hall–Kier alpha value is -9.73. The van der Waals surface area contributed by atoms with E-state index in [1.807, 2.05) is 172 Å². The van der Waals surface area contributed by atoms with E-state index in [0.717, 1.165) is 72.7 Å². The molecule has 0 aliphatic rings. The van der Waals surface area contributed by atoms with Crippen molar-refractivity contribution < 1.29 is 5.11 Å². The summed E-state index contributed by atoms with van der Waals surface area (Å²) in [7, 11) is 0. The van der Waals surface area contributed by atoms with Gasteiger partial charge in [-0.3, -0.25) is 0 Å². The van der Waals surface area contributed by atoms with E-state index in [0.29, 0.717) is 11.4 Å². The lowest BCUT2D eigenvalue weighted by atomic mass is 10.0. The van der Waals surface area contributed by atoms with E-state index >= 15 is 0 Å². The van der Waals surface area contributed by atoms with Crippen LogP contribution in [0.4, 0.5) is 45.5 Å². The molecule has 0 unspecified atom stereocenters. The maximum Gasteiger partial charge on any atom is 0.147 e. The van der Waals surface area contributed by atoms with Crippen molar-refractivity contribution in [2.75, 3.05) is 27.4 Å². The summed E-state index contributed by atoms with van der Waals surface area (Å²) in [6, 6.07) is 80.4. The van der Waals surface area contributed by atoms with Crippen LogP contribution in [0.25, 0.3) is 60.4 Å². The van der Waals surface area contributed by atoms with Gasteiger partial charge in [0.15, 0.2) is 0 Å². The summed E-state index contributed by atoms with van der Waals surface area (Å²) in [4.78, 5) is 7.88. The minimum absolute atomic E-state index is 0.222. The van der Waals surface area contributed by atoms with Crippen LogP contribution < -0.4 is 27.4 Å². The number of para-hydroxylation sites is 13. The number of nitrogens with two attached hydrogens (primary N) is 2. The van der Waals surface area contributed by atoms with Crippen LogP contribution >= 0.6 is 0 Å². The average Bonchev–Trinajstić information content (AvgIpc) is 3.98. The molecule has 9 heteroatoms. The quantitative estimate of drug-likeness (QED) is 0.0437. The Balaban J connectivity index is 0.000000172. The number of aromatic nitrogens is 2. The van der Waals surface area contributed by atoms with Crippen molar-refractivity contribution >= 4 is 95.4 Å². The molecule has 0 amide bonds. The number of aromatic amines is 1. The number of H-pyrrole nitrogens is 1. The fraction of sp³-hybridized carbons (Fsp3) is 0.0317. The third kappa shape index (κ3) is 10.5. The molecule has 0 saturated heterocycles. The Kier molecular flexibility index (Phi) is 14.8. The first-order valence-electron chi connectivity index (χ1n) is 24.0. The Labute approximate surface area is 419 Å². The molecule has 354 valence electrons. The van der Waals surface area contributed by atoms with Gasteiger partial charge >= 0.3 is 0 Å². The smallest absolute Gasteiger partial charge is 0.147 e. The molecule has 12 aromatic rings. The van der Waals surface area contributed by atoms with Crippen LogP contribution in [0.15, 0.2) is 248 Å². The number of aliphatic imine (C=N–C) groups is 1. The molecule has 0 aliphatic carbocycles. The number of hydrogen-bond donors (Lipinski definition) is 7. The molecule has 0 aliphatic heterocycles. The zero-order valence-corrected chi connectivity index (χ0v) is 40.2. The molecule has 0 saturated carbocycles. The maximum absolute atomic E-state index is 11.8. The number of aromatic hydroxyl groups is 1. The molecule has 9 N–H and O–H groups in total. The van der Waals surface area contributed by atoms with E-state index in [1.54, 1.807) is 6.34 Å². The number of anilines is 7. The van der Waals surface area contributed by atoms with E-state index in [9.17, 15) is 5.11 Å². The van der Waals surface area contributed by atoms with Gasteiger partial charge in [-0.05, 0) is 84.9 Å². The lowest BCUT2D eigenvalue weighted by Crippen LogP contribution is -2.01. The van der Waals surface area contributed by atoms with Crippen LogP contribution in [-0.4, -0.2) is 21.0 Å². The molecule has 0 radical (unpaired) electrons. The lowest BCUT2D eigenvalue weighted by molar-refractivity contribution is 0.475. The van der Waals surface area contributed by atoms with Crippen LogP contribution in [-0.2, 0) is 0 Å². The van der Waals surface area contributed by atoms with Crippen LogP contribution in [0, 0.1) is 0 Å². The Morgan fingerprint density at radius 1 is 0.417 bits per heavy atom. The summed E-state index contributed by atoms with van der Waals surface area (Å²) < 4.78 is 2.14.